The van der Waals surface area contributed by atoms with E-state index in [1.54, 1.807) is 6.20 Å². The molecule has 6 heteroatoms. The zero-order valence-corrected chi connectivity index (χ0v) is 14.3. The van der Waals surface area contributed by atoms with Crippen LogP contribution < -0.4 is 5.32 Å². The molecular weight excluding hydrogens is 312 g/mol. The standard InChI is InChI=1S/C19H20N6/c1-24(2)12-14-5-7-17(8-6-14)25-13-18(22-23-25)16-10-15-4-3-9-20-19(15)21-11-16/h3-10,13H,11-12H2,1-2H3,(H,20,21). The van der Waals surface area contributed by atoms with Crippen molar-refractivity contribution in [3.8, 4) is 5.69 Å². The molecule has 25 heavy (non-hydrogen) atoms. The van der Waals surface area contributed by atoms with Gasteiger partial charge in [0, 0.05) is 30.4 Å². The summed E-state index contributed by atoms with van der Waals surface area (Å²) in [6.45, 7) is 1.62. The van der Waals surface area contributed by atoms with Crippen molar-refractivity contribution in [1.29, 1.82) is 0 Å². The summed E-state index contributed by atoms with van der Waals surface area (Å²) in [6.07, 6.45) is 5.88. The molecule has 0 amide bonds. The largest absolute Gasteiger partial charge is 0.365 e. The monoisotopic (exact) mass is 332 g/mol. The molecule has 1 aliphatic heterocycles. The van der Waals surface area contributed by atoms with Crippen LogP contribution in [0.15, 0.2) is 48.8 Å². The Morgan fingerprint density at radius 1 is 1.16 bits per heavy atom. The Hall–Kier alpha value is -2.99. The molecule has 0 fully saturated rings. The Bertz CT molecular complexity index is 908. The van der Waals surface area contributed by atoms with Gasteiger partial charge >= 0.3 is 0 Å². The fourth-order valence-corrected chi connectivity index (χ4v) is 2.92. The number of hydrogen-bond acceptors (Lipinski definition) is 5. The van der Waals surface area contributed by atoms with E-state index in [2.05, 4.69) is 69.9 Å². The molecule has 2 aromatic heterocycles. The Kier molecular flexibility index (Phi) is 4.03. The van der Waals surface area contributed by atoms with E-state index in [-0.39, 0.29) is 0 Å². The van der Waals surface area contributed by atoms with Crippen LogP contribution in [-0.2, 0) is 6.54 Å². The summed E-state index contributed by atoms with van der Waals surface area (Å²) in [6, 6.07) is 12.4. The molecule has 0 atom stereocenters. The van der Waals surface area contributed by atoms with Crippen molar-refractivity contribution in [3.63, 3.8) is 0 Å². The Morgan fingerprint density at radius 3 is 2.80 bits per heavy atom. The van der Waals surface area contributed by atoms with Gasteiger partial charge in [0.15, 0.2) is 0 Å². The molecule has 1 aromatic carbocycles. The van der Waals surface area contributed by atoms with E-state index in [4.69, 9.17) is 0 Å². The first kappa shape index (κ1) is 15.5. The van der Waals surface area contributed by atoms with E-state index in [0.717, 1.165) is 34.9 Å². The lowest BCUT2D eigenvalue weighted by atomic mass is 10.1. The molecule has 6 nitrogen and oxygen atoms in total. The summed E-state index contributed by atoms with van der Waals surface area (Å²) >= 11 is 0. The highest BCUT2D eigenvalue weighted by Gasteiger charge is 2.14. The van der Waals surface area contributed by atoms with E-state index in [9.17, 15) is 0 Å². The number of fused-ring (bicyclic) bond motifs is 1. The average molecular weight is 332 g/mol. The third-order valence-corrected chi connectivity index (χ3v) is 4.14. The van der Waals surface area contributed by atoms with Crippen LogP contribution >= 0.6 is 0 Å². The SMILES string of the molecule is CN(C)Cc1ccc(-n2cc(C3=Cc4cccnc4NC3)nn2)cc1. The van der Waals surface area contributed by atoms with Gasteiger partial charge in [-0.15, -0.1) is 5.10 Å². The molecule has 0 bridgehead atoms. The average Bonchev–Trinajstić information content (AvgIpc) is 3.11. The van der Waals surface area contributed by atoms with Gasteiger partial charge in [0.05, 0.1) is 11.9 Å². The van der Waals surface area contributed by atoms with Gasteiger partial charge in [0.25, 0.3) is 0 Å². The third-order valence-electron chi connectivity index (χ3n) is 4.14. The number of benzene rings is 1. The second-order valence-electron chi connectivity index (χ2n) is 6.42. The molecule has 0 spiro atoms. The number of nitrogens with zero attached hydrogens (tertiary/aromatic N) is 5. The molecule has 3 heterocycles. The Morgan fingerprint density at radius 2 is 2.00 bits per heavy atom. The highest BCUT2D eigenvalue weighted by atomic mass is 15.4. The van der Waals surface area contributed by atoms with Crippen LogP contribution in [0.2, 0.25) is 0 Å². The molecule has 4 rings (SSSR count). The first-order valence-corrected chi connectivity index (χ1v) is 8.25. The van der Waals surface area contributed by atoms with Crippen molar-refractivity contribution in [2.24, 2.45) is 0 Å². The molecule has 0 unspecified atom stereocenters. The molecular formula is C19H20N6. The van der Waals surface area contributed by atoms with Crippen LogP contribution in [0.4, 0.5) is 5.82 Å². The van der Waals surface area contributed by atoms with Crippen molar-refractivity contribution in [2.75, 3.05) is 26.0 Å². The van der Waals surface area contributed by atoms with Crippen molar-refractivity contribution >= 4 is 17.5 Å². The lowest BCUT2D eigenvalue weighted by Gasteiger charge is -2.15. The predicted molar refractivity (Wildman–Crippen MR) is 99.3 cm³/mol. The summed E-state index contributed by atoms with van der Waals surface area (Å²) < 4.78 is 1.81. The minimum atomic E-state index is 0.699. The summed E-state index contributed by atoms with van der Waals surface area (Å²) in [5.41, 5.74) is 5.34. The molecule has 0 radical (unpaired) electrons. The lowest BCUT2D eigenvalue weighted by Crippen LogP contribution is -2.11. The Balaban J connectivity index is 1.58. The van der Waals surface area contributed by atoms with Crippen molar-refractivity contribution in [1.82, 2.24) is 24.9 Å². The van der Waals surface area contributed by atoms with Gasteiger partial charge < -0.3 is 10.2 Å². The molecule has 3 aromatic rings. The lowest BCUT2D eigenvalue weighted by molar-refractivity contribution is 0.402. The van der Waals surface area contributed by atoms with E-state index < -0.39 is 0 Å². The van der Waals surface area contributed by atoms with Crippen molar-refractivity contribution in [3.05, 3.63) is 65.6 Å². The van der Waals surface area contributed by atoms with Gasteiger partial charge in [-0.25, -0.2) is 9.67 Å². The zero-order valence-electron chi connectivity index (χ0n) is 14.3. The molecule has 0 aliphatic carbocycles. The maximum atomic E-state index is 4.34. The summed E-state index contributed by atoms with van der Waals surface area (Å²) in [5.74, 6) is 0.912. The topological polar surface area (TPSA) is 58.9 Å². The van der Waals surface area contributed by atoms with Gasteiger partial charge in [-0.2, -0.15) is 0 Å². The van der Waals surface area contributed by atoms with Crippen LogP contribution in [0.25, 0.3) is 17.3 Å². The number of pyridine rings is 1. The smallest absolute Gasteiger partial charge is 0.133 e. The molecule has 1 N–H and O–H groups in total. The van der Waals surface area contributed by atoms with Crippen molar-refractivity contribution in [2.45, 2.75) is 6.54 Å². The fraction of sp³-hybridized carbons (Fsp3) is 0.211. The molecule has 126 valence electrons. The normalized spacial score (nSPS) is 13.3. The molecule has 1 aliphatic rings. The van der Waals surface area contributed by atoms with Gasteiger partial charge in [-0.1, -0.05) is 17.3 Å². The summed E-state index contributed by atoms with van der Waals surface area (Å²) in [7, 11) is 4.13. The van der Waals surface area contributed by atoms with Crippen LogP contribution in [0.1, 0.15) is 16.8 Å². The predicted octanol–water partition coefficient (Wildman–Crippen LogP) is 2.69. The highest BCUT2D eigenvalue weighted by molar-refractivity contribution is 5.88. The maximum Gasteiger partial charge on any atom is 0.133 e. The summed E-state index contributed by atoms with van der Waals surface area (Å²) in [5, 5.41) is 11.9. The van der Waals surface area contributed by atoms with Gasteiger partial charge in [-0.05, 0) is 50.0 Å². The minimum Gasteiger partial charge on any atom is -0.365 e. The number of nitrogens with one attached hydrogen (secondary N) is 1. The van der Waals surface area contributed by atoms with Crippen LogP contribution in [0.5, 0.6) is 0 Å². The summed E-state index contributed by atoms with van der Waals surface area (Å²) in [4.78, 5) is 6.48. The number of hydrogen-bond donors (Lipinski definition) is 1. The fourth-order valence-electron chi connectivity index (χ4n) is 2.92. The number of anilines is 1. The van der Waals surface area contributed by atoms with Gasteiger partial charge in [0.1, 0.15) is 11.5 Å². The van der Waals surface area contributed by atoms with Crippen LogP contribution in [0.3, 0.4) is 0 Å². The second kappa shape index (κ2) is 6.49. The van der Waals surface area contributed by atoms with E-state index in [1.165, 1.54) is 5.56 Å². The maximum absolute atomic E-state index is 4.34. The Labute approximate surface area is 146 Å². The quantitative estimate of drug-likeness (QED) is 0.796. The first-order chi connectivity index (χ1) is 12.2. The van der Waals surface area contributed by atoms with Crippen molar-refractivity contribution < 1.29 is 0 Å². The molecule has 0 saturated carbocycles. The van der Waals surface area contributed by atoms with E-state index in [0.29, 0.717) is 6.54 Å². The van der Waals surface area contributed by atoms with Crippen LogP contribution in [0, 0.1) is 0 Å². The van der Waals surface area contributed by atoms with E-state index >= 15 is 0 Å². The minimum absolute atomic E-state index is 0.699. The van der Waals surface area contributed by atoms with Gasteiger partial charge in [0.2, 0.25) is 0 Å². The zero-order chi connectivity index (χ0) is 17.2. The van der Waals surface area contributed by atoms with E-state index in [1.807, 2.05) is 23.0 Å². The molecule has 0 saturated heterocycles. The van der Waals surface area contributed by atoms with Crippen LogP contribution in [-0.4, -0.2) is 45.5 Å². The number of aromatic nitrogens is 4. The first-order valence-electron chi connectivity index (χ1n) is 8.25. The highest BCUT2D eigenvalue weighted by Crippen LogP contribution is 2.25. The third kappa shape index (κ3) is 3.29. The number of rotatable bonds is 4. The van der Waals surface area contributed by atoms with Gasteiger partial charge in [-0.3, -0.25) is 0 Å². The second-order valence-corrected chi connectivity index (χ2v) is 6.42.